The molecule has 1 aromatic heterocycles. The number of halogens is 1. The van der Waals surface area contributed by atoms with Crippen molar-refractivity contribution in [3.05, 3.63) is 58.5 Å². The number of aromatic nitrogens is 1. The van der Waals surface area contributed by atoms with E-state index in [1.165, 1.54) is 41.6 Å². The van der Waals surface area contributed by atoms with Crippen LogP contribution in [-0.2, 0) is 12.8 Å². The van der Waals surface area contributed by atoms with Crippen LogP contribution in [-0.4, -0.2) is 16.5 Å². The summed E-state index contributed by atoms with van der Waals surface area (Å²) in [5.74, 6) is 0.801. The molecule has 1 aliphatic rings. The molecule has 25 heavy (non-hydrogen) atoms. The number of pyridine rings is 1. The Kier molecular flexibility index (Phi) is 5.50. The molecule has 3 rings (SSSR count). The van der Waals surface area contributed by atoms with Crippen molar-refractivity contribution in [2.75, 3.05) is 5.75 Å². The van der Waals surface area contributed by atoms with Gasteiger partial charge in [0.1, 0.15) is 16.9 Å². The molecule has 3 nitrogen and oxygen atoms in total. The molecule has 0 N–H and O–H groups in total. The normalized spacial score (nSPS) is 16.1. The lowest BCUT2D eigenvalue weighted by Gasteiger charge is -2.21. The van der Waals surface area contributed by atoms with E-state index in [0.29, 0.717) is 34.2 Å². The number of aryl methyl sites for hydroxylation is 1. The number of benzene rings is 1. The fraction of sp³-hybridized carbons (Fsp3) is 0.350. The number of thioether (sulfide) groups is 1. The summed E-state index contributed by atoms with van der Waals surface area (Å²) in [6.45, 7) is 2.22. The predicted octanol–water partition coefficient (Wildman–Crippen LogP) is 4.58. The third-order valence-electron chi connectivity index (χ3n) is 4.45. The maximum Gasteiger partial charge on any atom is 0.163 e. The largest absolute Gasteiger partial charge is 0.294 e. The Morgan fingerprint density at radius 1 is 1.40 bits per heavy atom. The molecule has 0 spiro atoms. The fourth-order valence-corrected chi connectivity index (χ4v) is 3.95. The maximum absolute atomic E-state index is 12.9. The highest BCUT2D eigenvalue weighted by molar-refractivity contribution is 7.99. The standard InChI is InChI=1S/C20H19FN2OS/c1-13-2-7-18-15(10-13)11-16(12-22)20(23-18)25-9-8-19(24)14-3-5-17(21)6-4-14/h3-6,11,13H,2,7-10H2,1H3. The highest BCUT2D eigenvalue weighted by atomic mass is 32.2. The summed E-state index contributed by atoms with van der Waals surface area (Å²) < 4.78 is 12.9. The fourth-order valence-electron chi connectivity index (χ4n) is 3.04. The molecule has 0 amide bonds. The molecule has 1 heterocycles. The first kappa shape index (κ1) is 17.6. The van der Waals surface area contributed by atoms with E-state index in [9.17, 15) is 14.4 Å². The van der Waals surface area contributed by atoms with Gasteiger partial charge in [-0.05, 0) is 61.1 Å². The minimum absolute atomic E-state index is 0.0298. The average molecular weight is 354 g/mol. The molecule has 0 saturated heterocycles. The monoisotopic (exact) mass is 354 g/mol. The third kappa shape index (κ3) is 4.26. The molecule has 128 valence electrons. The van der Waals surface area contributed by atoms with Crippen LogP contribution in [0.15, 0.2) is 35.4 Å². The molecule has 0 bridgehead atoms. The van der Waals surface area contributed by atoms with Gasteiger partial charge in [-0.2, -0.15) is 5.26 Å². The second-order valence-electron chi connectivity index (χ2n) is 6.44. The van der Waals surface area contributed by atoms with E-state index in [0.717, 1.165) is 25.0 Å². The maximum atomic E-state index is 12.9. The quantitative estimate of drug-likeness (QED) is 0.582. The van der Waals surface area contributed by atoms with Crippen LogP contribution in [0.4, 0.5) is 4.39 Å². The van der Waals surface area contributed by atoms with Crippen molar-refractivity contribution < 1.29 is 9.18 Å². The zero-order valence-corrected chi connectivity index (χ0v) is 14.9. The van der Waals surface area contributed by atoms with E-state index in [1.54, 1.807) is 0 Å². The minimum Gasteiger partial charge on any atom is -0.294 e. The van der Waals surface area contributed by atoms with E-state index < -0.39 is 0 Å². The van der Waals surface area contributed by atoms with Crippen LogP contribution in [0, 0.1) is 23.1 Å². The third-order valence-corrected chi connectivity index (χ3v) is 5.45. The van der Waals surface area contributed by atoms with Gasteiger partial charge in [0, 0.05) is 23.4 Å². The lowest BCUT2D eigenvalue weighted by Crippen LogP contribution is -2.14. The second-order valence-corrected chi connectivity index (χ2v) is 7.52. The molecule has 1 unspecified atom stereocenters. The van der Waals surface area contributed by atoms with Gasteiger partial charge in [0.2, 0.25) is 0 Å². The van der Waals surface area contributed by atoms with E-state index in [1.807, 2.05) is 6.07 Å². The number of ketones is 1. The number of rotatable bonds is 5. The van der Waals surface area contributed by atoms with Crippen LogP contribution in [0.3, 0.4) is 0 Å². The SMILES string of the molecule is CC1CCc2nc(SCCC(=O)c3ccc(F)cc3)c(C#N)cc2C1. The van der Waals surface area contributed by atoms with E-state index in [-0.39, 0.29) is 11.6 Å². The van der Waals surface area contributed by atoms with Crippen LogP contribution in [0.2, 0.25) is 0 Å². The highest BCUT2D eigenvalue weighted by Gasteiger charge is 2.19. The molecule has 2 aromatic rings. The number of nitrogens with zero attached hydrogens (tertiary/aromatic N) is 2. The van der Waals surface area contributed by atoms with E-state index >= 15 is 0 Å². The Hall–Kier alpha value is -2.19. The first-order valence-electron chi connectivity index (χ1n) is 8.41. The first-order valence-corrected chi connectivity index (χ1v) is 9.40. The van der Waals surface area contributed by atoms with Crippen molar-refractivity contribution in [1.82, 2.24) is 4.98 Å². The van der Waals surface area contributed by atoms with Crippen LogP contribution >= 0.6 is 11.8 Å². The molecule has 1 aromatic carbocycles. The zero-order valence-electron chi connectivity index (χ0n) is 14.1. The number of carbonyl (C=O) groups is 1. The van der Waals surface area contributed by atoms with Gasteiger partial charge in [0.05, 0.1) is 5.56 Å². The molecule has 0 saturated carbocycles. The molecule has 1 aliphatic carbocycles. The summed E-state index contributed by atoms with van der Waals surface area (Å²) in [7, 11) is 0. The van der Waals surface area contributed by atoms with Crippen LogP contribution in [0.5, 0.6) is 0 Å². The Morgan fingerprint density at radius 2 is 2.16 bits per heavy atom. The summed E-state index contributed by atoms with van der Waals surface area (Å²) >= 11 is 1.44. The summed E-state index contributed by atoms with van der Waals surface area (Å²) in [5.41, 5.74) is 3.37. The second kappa shape index (κ2) is 7.79. The Morgan fingerprint density at radius 3 is 2.88 bits per heavy atom. The summed E-state index contributed by atoms with van der Waals surface area (Å²) in [6.07, 6.45) is 3.38. The topological polar surface area (TPSA) is 53.8 Å². The number of nitriles is 1. The van der Waals surface area contributed by atoms with Crippen molar-refractivity contribution in [1.29, 1.82) is 5.26 Å². The van der Waals surface area contributed by atoms with Gasteiger partial charge in [-0.3, -0.25) is 4.79 Å². The minimum atomic E-state index is -0.350. The lowest BCUT2D eigenvalue weighted by molar-refractivity contribution is 0.0989. The molecular formula is C20H19FN2OS. The number of hydrogen-bond donors (Lipinski definition) is 0. The van der Waals surface area contributed by atoms with Crippen molar-refractivity contribution in [3.63, 3.8) is 0 Å². The summed E-state index contributed by atoms with van der Waals surface area (Å²) in [5, 5.41) is 10.1. The zero-order chi connectivity index (χ0) is 17.8. The molecule has 0 radical (unpaired) electrons. The number of fused-ring (bicyclic) bond motifs is 1. The molecule has 1 atom stereocenters. The van der Waals surface area contributed by atoms with Gasteiger partial charge in [-0.25, -0.2) is 9.37 Å². The number of Topliss-reactive ketones (excluding diaryl/α,β-unsaturated/α-hetero) is 1. The van der Waals surface area contributed by atoms with Crippen molar-refractivity contribution in [2.24, 2.45) is 5.92 Å². The van der Waals surface area contributed by atoms with E-state index in [2.05, 4.69) is 18.0 Å². The molecular weight excluding hydrogens is 335 g/mol. The smallest absolute Gasteiger partial charge is 0.163 e. The first-order chi connectivity index (χ1) is 12.1. The van der Waals surface area contributed by atoms with Crippen molar-refractivity contribution >= 4 is 17.5 Å². The Labute approximate surface area is 151 Å². The highest BCUT2D eigenvalue weighted by Crippen LogP contribution is 2.29. The van der Waals surface area contributed by atoms with Gasteiger partial charge in [0.25, 0.3) is 0 Å². The number of carbonyl (C=O) groups excluding carboxylic acids is 1. The van der Waals surface area contributed by atoms with Crippen LogP contribution < -0.4 is 0 Å². The van der Waals surface area contributed by atoms with Gasteiger partial charge >= 0.3 is 0 Å². The Bertz CT molecular complexity index is 827. The summed E-state index contributed by atoms with van der Waals surface area (Å²) in [6, 6.07) is 9.77. The van der Waals surface area contributed by atoms with Gasteiger partial charge in [-0.1, -0.05) is 6.92 Å². The van der Waals surface area contributed by atoms with Gasteiger partial charge in [-0.15, -0.1) is 11.8 Å². The lowest BCUT2D eigenvalue weighted by atomic mass is 9.87. The Balaban J connectivity index is 1.66. The van der Waals surface area contributed by atoms with Crippen LogP contribution in [0.25, 0.3) is 0 Å². The van der Waals surface area contributed by atoms with Gasteiger partial charge in [0.15, 0.2) is 5.78 Å². The molecule has 0 aliphatic heterocycles. The van der Waals surface area contributed by atoms with E-state index in [4.69, 9.17) is 0 Å². The van der Waals surface area contributed by atoms with Crippen molar-refractivity contribution in [3.8, 4) is 6.07 Å². The molecule has 0 fully saturated rings. The molecule has 5 heteroatoms. The van der Waals surface area contributed by atoms with Crippen molar-refractivity contribution in [2.45, 2.75) is 37.6 Å². The average Bonchev–Trinajstić information content (AvgIpc) is 2.61. The number of hydrogen-bond acceptors (Lipinski definition) is 4. The van der Waals surface area contributed by atoms with Crippen LogP contribution in [0.1, 0.15) is 46.9 Å². The summed E-state index contributed by atoms with van der Waals surface area (Å²) in [4.78, 5) is 16.8. The predicted molar refractivity (Wildman–Crippen MR) is 96.2 cm³/mol. The van der Waals surface area contributed by atoms with Gasteiger partial charge < -0.3 is 0 Å².